The lowest BCUT2D eigenvalue weighted by atomic mass is 9.74. The number of hydrogen-bond acceptors (Lipinski definition) is 2. The molecule has 0 aliphatic carbocycles. The molecular formula is C14H21NO. The van der Waals surface area contributed by atoms with Crippen molar-refractivity contribution in [3.05, 3.63) is 29.3 Å². The number of ether oxygens (including phenoxy) is 1. The lowest BCUT2D eigenvalue weighted by Gasteiger charge is -2.46. The van der Waals surface area contributed by atoms with E-state index in [-0.39, 0.29) is 0 Å². The van der Waals surface area contributed by atoms with Crippen molar-refractivity contribution < 1.29 is 4.74 Å². The number of nitrogens with one attached hydrogen (secondary N) is 1. The van der Waals surface area contributed by atoms with Crippen molar-refractivity contribution in [2.75, 3.05) is 13.2 Å². The van der Waals surface area contributed by atoms with Gasteiger partial charge in [-0.25, -0.2) is 0 Å². The largest absolute Gasteiger partial charge is 0.494 e. The zero-order valence-corrected chi connectivity index (χ0v) is 10.6. The van der Waals surface area contributed by atoms with E-state index >= 15 is 0 Å². The highest BCUT2D eigenvalue weighted by atomic mass is 16.5. The van der Waals surface area contributed by atoms with Crippen LogP contribution in [0, 0.1) is 12.3 Å². The summed E-state index contributed by atoms with van der Waals surface area (Å²) in [5.74, 6) is 1.00. The molecule has 1 aliphatic heterocycles. The summed E-state index contributed by atoms with van der Waals surface area (Å²) in [6.07, 6.45) is 0. The molecule has 1 aromatic rings. The number of hydrogen-bond donors (Lipinski definition) is 1. The van der Waals surface area contributed by atoms with Gasteiger partial charge in [-0.2, -0.15) is 0 Å². The van der Waals surface area contributed by atoms with Crippen LogP contribution in [0.5, 0.6) is 5.75 Å². The molecule has 1 unspecified atom stereocenters. The Bertz CT molecular complexity index is 384. The molecule has 1 heterocycles. The summed E-state index contributed by atoms with van der Waals surface area (Å²) in [6.45, 7) is 10.6. The second-order valence-electron chi connectivity index (χ2n) is 5.26. The van der Waals surface area contributed by atoms with Crippen LogP contribution in [0.1, 0.15) is 37.9 Å². The minimum absolute atomic E-state index is 0.375. The van der Waals surface area contributed by atoms with Crippen molar-refractivity contribution in [2.24, 2.45) is 5.41 Å². The summed E-state index contributed by atoms with van der Waals surface area (Å²) in [5.41, 5.74) is 2.97. The standard InChI is InChI=1S/C14H21NO/c1-5-16-12-7-6-11(8-10(12)2)13-14(3,4)9-15-13/h6-8,13,15H,5,9H2,1-4H3. The molecule has 1 aromatic carbocycles. The highest BCUT2D eigenvalue weighted by Crippen LogP contribution is 2.40. The fourth-order valence-corrected chi connectivity index (χ4v) is 2.35. The van der Waals surface area contributed by atoms with Crippen LogP contribution < -0.4 is 10.1 Å². The Hall–Kier alpha value is -1.02. The Morgan fingerprint density at radius 1 is 1.44 bits per heavy atom. The van der Waals surface area contributed by atoms with E-state index in [9.17, 15) is 0 Å². The van der Waals surface area contributed by atoms with Gasteiger partial charge in [-0.1, -0.05) is 26.0 Å². The minimum atomic E-state index is 0.375. The first kappa shape index (κ1) is 11.5. The smallest absolute Gasteiger partial charge is 0.122 e. The van der Waals surface area contributed by atoms with Gasteiger partial charge in [0.2, 0.25) is 0 Å². The van der Waals surface area contributed by atoms with Gasteiger partial charge in [0.1, 0.15) is 5.75 Å². The third kappa shape index (κ3) is 1.94. The molecule has 0 saturated carbocycles. The molecule has 0 aromatic heterocycles. The predicted molar refractivity (Wildman–Crippen MR) is 66.9 cm³/mol. The monoisotopic (exact) mass is 219 g/mol. The molecule has 1 N–H and O–H groups in total. The maximum Gasteiger partial charge on any atom is 0.122 e. The summed E-state index contributed by atoms with van der Waals surface area (Å²) < 4.78 is 5.55. The maximum absolute atomic E-state index is 5.55. The summed E-state index contributed by atoms with van der Waals surface area (Å²) in [6, 6.07) is 6.99. The van der Waals surface area contributed by atoms with Gasteiger partial charge in [0.25, 0.3) is 0 Å². The Morgan fingerprint density at radius 2 is 2.19 bits per heavy atom. The van der Waals surface area contributed by atoms with Crippen molar-refractivity contribution in [1.29, 1.82) is 0 Å². The second-order valence-corrected chi connectivity index (χ2v) is 5.26. The Balaban J connectivity index is 2.21. The maximum atomic E-state index is 5.55. The summed E-state index contributed by atoms with van der Waals surface area (Å²) in [5, 5.41) is 3.49. The van der Waals surface area contributed by atoms with E-state index in [4.69, 9.17) is 4.74 Å². The fourth-order valence-electron chi connectivity index (χ4n) is 2.35. The third-order valence-corrected chi connectivity index (χ3v) is 3.38. The molecule has 1 fully saturated rings. The lowest BCUT2D eigenvalue weighted by molar-refractivity contribution is 0.128. The van der Waals surface area contributed by atoms with Gasteiger partial charge in [0.15, 0.2) is 0 Å². The van der Waals surface area contributed by atoms with Crippen LogP contribution in [-0.4, -0.2) is 13.2 Å². The normalized spacial score (nSPS) is 22.6. The first-order valence-electron chi connectivity index (χ1n) is 6.01. The number of benzene rings is 1. The van der Waals surface area contributed by atoms with E-state index in [0.29, 0.717) is 11.5 Å². The molecule has 0 radical (unpaired) electrons. The molecule has 0 spiro atoms. The molecule has 2 heteroatoms. The van der Waals surface area contributed by atoms with Gasteiger partial charge in [0.05, 0.1) is 6.61 Å². The number of aryl methyl sites for hydroxylation is 1. The molecule has 1 saturated heterocycles. The van der Waals surface area contributed by atoms with E-state index in [1.165, 1.54) is 11.1 Å². The Labute approximate surface area is 98.0 Å². The van der Waals surface area contributed by atoms with Crippen LogP contribution in [0.15, 0.2) is 18.2 Å². The quantitative estimate of drug-likeness (QED) is 0.843. The molecule has 0 amide bonds. The molecule has 1 atom stereocenters. The van der Waals surface area contributed by atoms with E-state index in [1.54, 1.807) is 0 Å². The van der Waals surface area contributed by atoms with E-state index in [2.05, 4.69) is 44.3 Å². The Kier molecular flexibility index (Phi) is 2.94. The van der Waals surface area contributed by atoms with E-state index in [0.717, 1.165) is 18.9 Å². The first-order valence-corrected chi connectivity index (χ1v) is 6.01. The van der Waals surface area contributed by atoms with Gasteiger partial charge >= 0.3 is 0 Å². The topological polar surface area (TPSA) is 21.3 Å². The van der Waals surface area contributed by atoms with Crippen molar-refractivity contribution in [1.82, 2.24) is 5.32 Å². The van der Waals surface area contributed by atoms with Gasteiger partial charge in [0, 0.05) is 12.6 Å². The van der Waals surface area contributed by atoms with Gasteiger partial charge in [-0.3, -0.25) is 0 Å². The SMILES string of the molecule is CCOc1ccc(C2NCC2(C)C)cc1C. The van der Waals surface area contributed by atoms with Crippen LogP contribution in [0.4, 0.5) is 0 Å². The highest BCUT2D eigenvalue weighted by Gasteiger charge is 2.38. The van der Waals surface area contributed by atoms with Crippen LogP contribution in [0.2, 0.25) is 0 Å². The summed E-state index contributed by atoms with van der Waals surface area (Å²) in [4.78, 5) is 0. The van der Waals surface area contributed by atoms with Crippen molar-refractivity contribution in [2.45, 2.75) is 33.7 Å². The van der Waals surface area contributed by atoms with Crippen molar-refractivity contribution >= 4 is 0 Å². The molecule has 2 rings (SSSR count). The highest BCUT2D eigenvalue weighted by molar-refractivity contribution is 5.38. The third-order valence-electron chi connectivity index (χ3n) is 3.38. The van der Waals surface area contributed by atoms with Crippen LogP contribution >= 0.6 is 0 Å². The fraction of sp³-hybridized carbons (Fsp3) is 0.571. The summed E-state index contributed by atoms with van der Waals surface area (Å²) in [7, 11) is 0. The first-order chi connectivity index (χ1) is 7.54. The predicted octanol–water partition coefficient (Wildman–Crippen LogP) is 3.06. The molecular weight excluding hydrogens is 198 g/mol. The molecule has 2 nitrogen and oxygen atoms in total. The van der Waals surface area contributed by atoms with Gasteiger partial charge in [-0.05, 0) is 36.5 Å². The average molecular weight is 219 g/mol. The minimum Gasteiger partial charge on any atom is -0.494 e. The van der Waals surface area contributed by atoms with Crippen LogP contribution in [0.3, 0.4) is 0 Å². The van der Waals surface area contributed by atoms with Gasteiger partial charge in [-0.15, -0.1) is 0 Å². The van der Waals surface area contributed by atoms with Gasteiger partial charge < -0.3 is 10.1 Å². The van der Waals surface area contributed by atoms with Crippen LogP contribution in [-0.2, 0) is 0 Å². The molecule has 1 aliphatic rings. The molecule has 0 bridgehead atoms. The molecule has 16 heavy (non-hydrogen) atoms. The van der Waals surface area contributed by atoms with Crippen molar-refractivity contribution in [3.8, 4) is 5.75 Å². The van der Waals surface area contributed by atoms with Crippen LogP contribution in [0.25, 0.3) is 0 Å². The molecule has 88 valence electrons. The van der Waals surface area contributed by atoms with E-state index in [1.807, 2.05) is 6.92 Å². The zero-order valence-electron chi connectivity index (χ0n) is 10.6. The van der Waals surface area contributed by atoms with Crippen molar-refractivity contribution in [3.63, 3.8) is 0 Å². The average Bonchev–Trinajstić information content (AvgIpc) is 2.21. The summed E-state index contributed by atoms with van der Waals surface area (Å²) >= 11 is 0. The number of rotatable bonds is 3. The second kappa shape index (κ2) is 4.10. The Morgan fingerprint density at radius 3 is 2.62 bits per heavy atom. The lowest BCUT2D eigenvalue weighted by Crippen LogP contribution is -2.52. The zero-order chi connectivity index (χ0) is 11.8. The van der Waals surface area contributed by atoms with E-state index < -0.39 is 0 Å².